The summed E-state index contributed by atoms with van der Waals surface area (Å²) < 4.78 is 18.9. The van der Waals surface area contributed by atoms with Crippen LogP contribution in [0.25, 0.3) is 11.1 Å². The second kappa shape index (κ2) is 10.4. The van der Waals surface area contributed by atoms with E-state index in [0.29, 0.717) is 0 Å². The van der Waals surface area contributed by atoms with Crippen LogP contribution in [0.1, 0.15) is 33.8 Å². The molecule has 1 unspecified atom stereocenters. The van der Waals surface area contributed by atoms with Crippen molar-refractivity contribution in [2.24, 2.45) is 0 Å². The second-order valence-corrected chi connectivity index (χ2v) is 8.15. The van der Waals surface area contributed by atoms with Gasteiger partial charge < -0.3 is 25.6 Å². The van der Waals surface area contributed by atoms with Crippen molar-refractivity contribution in [3.8, 4) is 11.1 Å². The van der Waals surface area contributed by atoms with Gasteiger partial charge in [-0.1, -0.05) is 48.5 Å². The summed E-state index contributed by atoms with van der Waals surface area (Å²) >= 11 is 0. The van der Waals surface area contributed by atoms with E-state index in [0.717, 1.165) is 40.5 Å². The predicted molar refractivity (Wildman–Crippen MR) is 126 cm³/mol. The first-order valence-electron chi connectivity index (χ1n) is 10.9. The van der Waals surface area contributed by atoms with Crippen molar-refractivity contribution in [1.82, 2.24) is 5.32 Å². The summed E-state index contributed by atoms with van der Waals surface area (Å²) in [7, 11) is 0. The SMILES string of the molecule is O=C(CC(O)CNC(=O)OCC1c2ccccc2-c2ccccc21)Nc1cc(F)cc(C(=O)O)c1. The first-order valence-corrected chi connectivity index (χ1v) is 10.9. The highest BCUT2D eigenvalue weighted by molar-refractivity contribution is 5.94. The Bertz CT molecular complexity index is 1230. The number of aliphatic hydroxyl groups excluding tert-OH is 1. The van der Waals surface area contributed by atoms with E-state index in [-0.39, 0.29) is 30.3 Å². The summed E-state index contributed by atoms with van der Waals surface area (Å²) in [6, 6.07) is 18.7. The van der Waals surface area contributed by atoms with Crippen molar-refractivity contribution < 1.29 is 33.7 Å². The maximum atomic E-state index is 13.5. The lowest BCUT2D eigenvalue weighted by Gasteiger charge is -2.16. The van der Waals surface area contributed by atoms with E-state index in [1.165, 1.54) is 0 Å². The van der Waals surface area contributed by atoms with E-state index < -0.39 is 36.3 Å². The molecule has 0 radical (unpaired) electrons. The molecule has 1 aliphatic rings. The lowest BCUT2D eigenvalue weighted by atomic mass is 9.98. The highest BCUT2D eigenvalue weighted by Crippen LogP contribution is 2.44. The molecule has 4 N–H and O–H groups in total. The summed E-state index contributed by atoms with van der Waals surface area (Å²) in [4.78, 5) is 35.3. The molecule has 2 amide bonds. The van der Waals surface area contributed by atoms with Crippen LogP contribution in [0.2, 0.25) is 0 Å². The topological polar surface area (TPSA) is 125 Å². The number of benzene rings is 3. The van der Waals surface area contributed by atoms with Crippen molar-refractivity contribution in [2.75, 3.05) is 18.5 Å². The number of amides is 2. The zero-order valence-corrected chi connectivity index (χ0v) is 18.5. The maximum absolute atomic E-state index is 13.5. The largest absolute Gasteiger partial charge is 0.478 e. The normalized spacial score (nSPS) is 12.9. The first-order chi connectivity index (χ1) is 16.8. The van der Waals surface area contributed by atoms with Crippen molar-refractivity contribution in [3.63, 3.8) is 0 Å². The summed E-state index contributed by atoms with van der Waals surface area (Å²) in [5.41, 5.74) is 3.98. The van der Waals surface area contributed by atoms with Gasteiger partial charge in [0.25, 0.3) is 0 Å². The highest BCUT2D eigenvalue weighted by atomic mass is 19.1. The highest BCUT2D eigenvalue weighted by Gasteiger charge is 2.29. The molecule has 0 aromatic heterocycles. The van der Waals surface area contributed by atoms with E-state index in [4.69, 9.17) is 9.84 Å². The van der Waals surface area contributed by atoms with Gasteiger partial charge in [-0.3, -0.25) is 4.79 Å². The number of carboxylic acids is 1. The van der Waals surface area contributed by atoms with E-state index in [9.17, 15) is 23.9 Å². The molecule has 1 atom stereocenters. The number of anilines is 1. The average molecular weight is 478 g/mol. The molecule has 180 valence electrons. The molecule has 1 aliphatic carbocycles. The summed E-state index contributed by atoms with van der Waals surface area (Å²) in [5.74, 6) is -2.94. The molecule has 0 fully saturated rings. The Hall–Kier alpha value is -4.24. The minimum atomic E-state index is -1.34. The van der Waals surface area contributed by atoms with Crippen molar-refractivity contribution in [2.45, 2.75) is 18.4 Å². The van der Waals surface area contributed by atoms with Gasteiger partial charge in [-0.2, -0.15) is 0 Å². The Balaban J connectivity index is 1.26. The van der Waals surface area contributed by atoms with Gasteiger partial charge in [0.05, 0.1) is 18.1 Å². The molecule has 0 saturated carbocycles. The first kappa shape index (κ1) is 23.9. The summed E-state index contributed by atoms with van der Waals surface area (Å²) in [6.45, 7) is -0.129. The van der Waals surface area contributed by atoms with Gasteiger partial charge in [0.2, 0.25) is 5.91 Å². The van der Waals surface area contributed by atoms with Gasteiger partial charge >= 0.3 is 12.1 Å². The van der Waals surface area contributed by atoms with Crippen LogP contribution in [0.4, 0.5) is 14.9 Å². The number of carbonyl (C=O) groups is 3. The second-order valence-electron chi connectivity index (χ2n) is 8.15. The molecule has 0 aliphatic heterocycles. The Morgan fingerprint density at radius 1 is 0.971 bits per heavy atom. The molecular formula is C26H23FN2O6. The van der Waals surface area contributed by atoms with Gasteiger partial charge in [-0.15, -0.1) is 0 Å². The number of carboxylic acid groups (broad SMARTS) is 1. The standard InChI is InChI=1S/C26H23FN2O6/c27-16-9-15(25(32)33)10-17(11-16)29-24(31)12-18(30)13-28-26(34)35-14-23-21-7-3-1-5-19(21)20-6-2-4-8-22(20)23/h1-11,18,23,30H,12-14H2,(H,28,34)(H,29,31)(H,32,33). The fourth-order valence-electron chi connectivity index (χ4n) is 4.13. The number of ether oxygens (including phenoxy) is 1. The third-order valence-electron chi connectivity index (χ3n) is 5.68. The maximum Gasteiger partial charge on any atom is 0.407 e. The number of halogens is 1. The Morgan fingerprint density at radius 3 is 2.23 bits per heavy atom. The van der Waals surface area contributed by atoms with E-state index in [1.54, 1.807) is 0 Å². The third-order valence-corrected chi connectivity index (χ3v) is 5.68. The van der Waals surface area contributed by atoms with Gasteiger partial charge in [0.15, 0.2) is 0 Å². The van der Waals surface area contributed by atoms with Crippen LogP contribution in [-0.4, -0.2) is 47.4 Å². The van der Waals surface area contributed by atoms with Gasteiger partial charge in [0.1, 0.15) is 12.4 Å². The summed E-state index contributed by atoms with van der Waals surface area (Å²) in [6.07, 6.45) is -2.37. The lowest BCUT2D eigenvalue weighted by Crippen LogP contribution is -2.35. The molecule has 0 saturated heterocycles. The molecule has 8 nitrogen and oxygen atoms in total. The molecule has 0 heterocycles. The Kier molecular flexibility index (Phi) is 7.07. The van der Waals surface area contributed by atoms with Crippen LogP contribution in [0.3, 0.4) is 0 Å². The number of carbonyl (C=O) groups excluding carboxylic acids is 2. The number of hydrogen-bond acceptors (Lipinski definition) is 5. The molecular weight excluding hydrogens is 455 g/mol. The van der Waals surface area contributed by atoms with Crippen LogP contribution >= 0.6 is 0 Å². The van der Waals surface area contributed by atoms with E-state index in [2.05, 4.69) is 10.6 Å². The van der Waals surface area contributed by atoms with Gasteiger partial charge in [-0.05, 0) is 40.5 Å². The lowest BCUT2D eigenvalue weighted by molar-refractivity contribution is -0.118. The van der Waals surface area contributed by atoms with E-state index >= 15 is 0 Å². The Labute approximate surface area is 200 Å². The number of rotatable bonds is 8. The zero-order chi connectivity index (χ0) is 24.9. The fourth-order valence-corrected chi connectivity index (χ4v) is 4.13. The monoisotopic (exact) mass is 478 g/mol. The van der Waals surface area contributed by atoms with Crippen LogP contribution in [-0.2, 0) is 9.53 Å². The Morgan fingerprint density at radius 2 is 1.60 bits per heavy atom. The van der Waals surface area contributed by atoms with Gasteiger partial charge in [-0.25, -0.2) is 14.0 Å². The van der Waals surface area contributed by atoms with Crippen LogP contribution in [0, 0.1) is 5.82 Å². The molecule has 0 bridgehead atoms. The predicted octanol–water partition coefficient (Wildman–Crippen LogP) is 3.75. The fraction of sp³-hybridized carbons (Fsp3) is 0.192. The minimum Gasteiger partial charge on any atom is -0.478 e. The number of fused-ring (bicyclic) bond motifs is 3. The molecule has 35 heavy (non-hydrogen) atoms. The molecule has 0 spiro atoms. The van der Waals surface area contributed by atoms with Crippen LogP contribution < -0.4 is 10.6 Å². The van der Waals surface area contributed by atoms with Crippen molar-refractivity contribution >= 4 is 23.7 Å². The number of alkyl carbamates (subject to hydrolysis) is 1. The number of aromatic carboxylic acids is 1. The zero-order valence-electron chi connectivity index (χ0n) is 18.5. The van der Waals surface area contributed by atoms with Crippen molar-refractivity contribution in [3.05, 3.63) is 89.2 Å². The van der Waals surface area contributed by atoms with E-state index in [1.807, 2.05) is 48.5 Å². The van der Waals surface area contributed by atoms with Gasteiger partial charge in [0, 0.05) is 18.2 Å². The molecule has 9 heteroatoms. The average Bonchev–Trinajstić information content (AvgIpc) is 3.14. The van der Waals surface area contributed by atoms with Crippen LogP contribution in [0.15, 0.2) is 66.7 Å². The number of hydrogen-bond donors (Lipinski definition) is 4. The number of aliphatic hydroxyl groups is 1. The molecule has 3 aromatic carbocycles. The van der Waals surface area contributed by atoms with Crippen LogP contribution in [0.5, 0.6) is 0 Å². The minimum absolute atomic E-state index is 0.0518. The molecule has 4 rings (SSSR count). The quantitative estimate of drug-likeness (QED) is 0.391. The molecule has 3 aromatic rings. The smallest absolute Gasteiger partial charge is 0.407 e. The van der Waals surface area contributed by atoms with Crippen molar-refractivity contribution in [1.29, 1.82) is 0 Å². The number of nitrogens with one attached hydrogen (secondary N) is 2. The summed E-state index contributed by atoms with van der Waals surface area (Å²) in [5, 5.41) is 23.8. The third kappa shape index (κ3) is 5.64.